The predicted molar refractivity (Wildman–Crippen MR) is 88.2 cm³/mol. The van der Waals surface area contributed by atoms with Gasteiger partial charge in [-0.25, -0.2) is 0 Å². The van der Waals surface area contributed by atoms with Crippen molar-refractivity contribution in [2.24, 2.45) is 0 Å². The van der Waals surface area contributed by atoms with Crippen LogP contribution in [0, 0.1) is 0 Å². The molecule has 2 nitrogen and oxygen atoms in total. The van der Waals surface area contributed by atoms with E-state index in [0.717, 1.165) is 0 Å². The second-order valence-corrected chi connectivity index (χ2v) is 9.92. The number of epoxide rings is 2. The van der Waals surface area contributed by atoms with E-state index in [2.05, 4.69) is 9.47 Å². The number of rotatable bonds is 13. The highest BCUT2D eigenvalue weighted by atomic mass is 19.4. The molecule has 0 aliphatic carbocycles. The molecular weight excluding hydrogens is 742 g/mol. The average Bonchev–Trinajstić information content (AvgIpc) is 3.74. The van der Waals surface area contributed by atoms with Crippen LogP contribution in [-0.2, 0) is 9.47 Å². The Balaban J connectivity index is 2.50. The Labute approximate surface area is 233 Å². The van der Waals surface area contributed by atoms with Crippen LogP contribution >= 0.6 is 0 Å². The van der Waals surface area contributed by atoms with E-state index in [0.29, 0.717) is 0 Å². The van der Waals surface area contributed by atoms with Crippen molar-refractivity contribution >= 4 is 0 Å². The molecule has 0 saturated carbocycles. The molecule has 0 aromatic heterocycles. The summed E-state index contributed by atoms with van der Waals surface area (Å²) in [5.74, 6) is -80.8. The Bertz CT molecular complexity index is 1060. The molecular formula is C18H8F26O2. The molecule has 0 aromatic carbocycles. The summed E-state index contributed by atoms with van der Waals surface area (Å²) >= 11 is 0. The van der Waals surface area contributed by atoms with E-state index >= 15 is 0 Å². The van der Waals surface area contributed by atoms with E-state index in [-0.39, 0.29) is 0 Å². The standard InChI is InChI=1S/C18H8F26O2/c19-7(20,9(23,24)11(27,28)13(31,32)15(35,36)17(39,40)41)1-5(3-45-5)6(4-46-6)2-8(21,22)10(25,26)12(29,30)14(33,34)16(37,38)18(42,43)44/h1-4H2. The van der Waals surface area contributed by atoms with Crippen LogP contribution in [0.15, 0.2) is 0 Å². The summed E-state index contributed by atoms with van der Waals surface area (Å²) in [5.41, 5.74) is -8.02. The zero-order chi connectivity index (χ0) is 37.2. The van der Waals surface area contributed by atoms with Gasteiger partial charge in [0.2, 0.25) is 0 Å². The minimum Gasteiger partial charge on any atom is -0.366 e. The van der Waals surface area contributed by atoms with Crippen molar-refractivity contribution < 1.29 is 124 Å². The fraction of sp³-hybridized carbons (Fsp3) is 1.00. The summed E-state index contributed by atoms with van der Waals surface area (Å²) < 4.78 is 354. The number of hydrogen-bond donors (Lipinski definition) is 0. The minimum atomic E-state index is -8.46. The maximum absolute atomic E-state index is 14.3. The van der Waals surface area contributed by atoms with Gasteiger partial charge in [0.05, 0.1) is 26.1 Å². The fourth-order valence-electron chi connectivity index (χ4n) is 3.77. The monoisotopic (exact) mass is 750 g/mol. The molecule has 46 heavy (non-hydrogen) atoms. The minimum absolute atomic E-state index is 1.94. The molecule has 0 N–H and O–H groups in total. The van der Waals surface area contributed by atoms with Crippen molar-refractivity contribution in [2.75, 3.05) is 13.2 Å². The lowest BCUT2D eigenvalue weighted by molar-refractivity contribution is -0.442. The van der Waals surface area contributed by atoms with Crippen molar-refractivity contribution in [3.63, 3.8) is 0 Å². The number of alkyl halides is 26. The summed E-state index contributed by atoms with van der Waals surface area (Å²) in [5, 5.41) is 0. The number of halogens is 26. The molecule has 2 aliphatic heterocycles. The molecule has 0 amide bonds. The highest BCUT2D eigenvalue weighted by Gasteiger charge is 2.94. The van der Waals surface area contributed by atoms with Gasteiger partial charge in [0.25, 0.3) is 0 Å². The van der Waals surface area contributed by atoms with Gasteiger partial charge in [0.1, 0.15) is 11.2 Å². The van der Waals surface area contributed by atoms with Gasteiger partial charge >= 0.3 is 71.6 Å². The lowest BCUT2D eigenvalue weighted by atomic mass is 9.79. The molecule has 2 aliphatic rings. The molecule has 0 spiro atoms. The molecule has 2 unspecified atom stereocenters. The van der Waals surface area contributed by atoms with E-state index in [1.807, 2.05) is 0 Å². The number of hydrogen-bond acceptors (Lipinski definition) is 2. The van der Waals surface area contributed by atoms with Crippen molar-refractivity contribution in [1.82, 2.24) is 0 Å². The second kappa shape index (κ2) is 9.84. The number of ether oxygens (including phenoxy) is 2. The average molecular weight is 750 g/mol. The summed E-state index contributed by atoms with van der Waals surface area (Å²) in [7, 11) is 0. The molecule has 2 atom stereocenters. The third-order valence-corrected chi connectivity index (χ3v) is 6.83. The first-order valence-corrected chi connectivity index (χ1v) is 10.8. The Hall–Kier alpha value is -1.90. The Morgan fingerprint density at radius 3 is 0.630 bits per heavy atom. The van der Waals surface area contributed by atoms with Crippen molar-refractivity contribution in [2.45, 2.75) is 95.6 Å². The second-order valence-electron chi connectivity index (χ2n) is 9.92. The van der Waals surface area contributed by atoms with Crippen LogP contribution < -0.4 is 0 Å². The molecule has 2 fully saturated rings. The SMILES string of the molecule is FC(F)(F)C(F)(F)C(F)(F)C(F)(F)C(F)(F)C(F)(F)CC1(C2(CC(F)(F)C(F)(F)C(F)(F)C(F)(F)C(F)(F)C(F)(F)F)CO2)CO1. The maximum atomic E-state index is 14.3. The molecule has 28 heteroatoms. The van der Waals surface area contributed by atoms with Crippen molar-refractivity contribution in [3.05, 3.63) is 0 Å². The van der Waals surface area contributed by atoms with E-state index in [4.69, 9.17) is 0 Å². The van der Waals surface area contributed by atoms with Gasteiger partial charge in [0.15, 0.2) is 0 Å². The zero-order valence-corrected chi connectivity index (χ0v) is 20.5. The molecule has 0 radical (unpaired) electrons. The first-order chi connectivity index (χ1) is 19.6. The van der Waals surface area contributed by atoms with E-state index in [1.54, 1.807) is 0 Å². The lowest BCUT2D eigenvalue weighted by Crippen LogP contribution is -2.71. The van der Waals surface area contributed by atoms with Gasteiger partial charge in [-0.15, -0.1) is 0 Å². The first-order valence-electron chi connectivity index (χ1n) is 10.8. The van der Waals surface area contributed by atoms with Crippen LogP contribution in [-0.4, -0.2) is 96.0 Å². The molecule has 2 rings (SSSR count). The third kappa shape index (κ3) is 5.01. The van der Waals surface area contributed by atoms with Crippen LogP contribution in [0.25, 0.3) is 0 Å². The first kappa shape index (κ1) is 40.3. The predicted octanol–water partition coefficient (Wildman–Crippen LogP) is 8.78. The summed E-state index contributed by atoms with van der Waals surface area (Å²) in [6.07, 6.45) is -22.8. The van der Waals surface area contributed by atoms with Gasteiger partial charge < -0.3 is 9.47 Å². The maximum Gasteiger partial charge on any atom is 0.460 e. The molecule has 0 aromatic rings. The topological polar surface area (TPSA) is 25.1 Å². The van der Waals surface area contributed by atoms with Crippen LogP contribution in [0.4, 0.5) is 114 Å². The molecule has 274 valence electrons. The van der Waals surface area contributed by atoms with Crippen LogP contribution in [0.5, 0.6) is 0 Å². The largest absolute Gasteiger partial charge is 0.460 e. The lowest BCUT2D eigenvalue weighted by Gasteiger charge is -2.41. The van der Waals surface area contributed by atoms with E-state index < -0.39 is 109 Å². The quantitative estimate of drug-likeness (QED) is 0.139. The van der Waals surface area contributed by atoms with Gasteiger partial charge in [-0.1, -0.05) is 0 Å². The molecule has 0 bridgehead atoms. The highest BCUT2D eigenvalue weighted by Crippen LogP contribution is 2.67. The van der Waals surface area contributed by atoms with Gasteiger partial charge in [0, 0.05) is 0 Å². The van der Waals surface area contributed by atoms with Gasteiger partial charge in [-0.05, 0) is 0 Å². The van der Waals surface area contributed by atoms with E-state index in [1.165, 1.54) is 0 Å². The fourth-order valence-corrected chi connectivity index (χ4v) is 3.77. The third-order valence-electron chi connectivity index (χ3n) is 6.83. The smallest absolute Gasteiger partial charge is 0.366 e. The van der Waals surface area contributed by atoms with Crippen LogP contribution in [0.3, 0.4) is 0 Å². The Morgan fingerprint density at radius 2 is 0.478 bits per heavy atom. The highest BCUT2D eigenvalue weighted by molar-refractivity contribution is 5.23. The van der Waals surface area contributed by atoms with Crippen LogP contribution in [0.1, 0.15) is 12.8 Å². The van der Waals surface area contributed by atoms with Crippen molar-refractivity contribution in [3.8, 4) is 0 Å². The Morgan fingerprint density at radius 1 is 0.304 bits per heavy atom. The molecule has 2 saturated heterocycles. The Kier molecular flexibility index (Phi) is 8.62. The van der Waals surface area contributed by atoms with Crippen molar-refractivity contribution in [1.29, 1.82) is 0 Å². The van der Waals surface area contributed by atoms with Gasteiger partial charge in [-0.2, -0.15) is 114 Å². The zero-order valence-electron chi connectivity index (χ0n) is 20.5. The summed E-state index contributed by atoms with van der Waals surface area (Å²) in [6.45, 7) is -3.89. The summed E-state index contributed by atoms with van der Waals surface area (Å²) in [4.78, 5) is 0. The van der Waals surface area contributed by atoms with E-state index in [9.17, 15) is 114 Å². The summed E-state index contributed by atoms with van der Waals surface area (Å²) in [6, 6.07) is 0. The van der Waals surface area contributed by atoms with Gasteiger partial charge in [-0.3, -0.25) is 0 Å². The normalized spacial score (nSPS) is 25.2. The molecule has 2 heterocycles. The van der Waals surface area contributed by atoms with Crippen LogP contribution in [0.2, 0.25) is 0 Å².